The lowest BCUT2D eigenvalue weighted by molar-refractivity contribution is -0.340. The Bertz CT molecular complexity index is 3730. The summed E-state index contributed by atoms with van der Waals surface area (Å²) < 4.78 is 45.3. The fourth-order valence-corrected chi connectivity index (χ4v) is 11.6. The third-order valence-electron chi connectivity index (χ3n) is 15.0. The van der Waals surface area contributed by atoms with Gasteiger partial charge in [-0.05, 0) is 151 Å². The first kappa shape index (κ1) is 45.7. The molecule has 73 heavy (non-hydrogen) atoms. The Hall–Kier alpha value is -8.44. The quantitative estimate of drug-likeness (QED) is 0.0673. The maximum atomic E-state index is 15.9. The van der Waals surface area contributed by atoms with E-state index in [4.69, 9.17) is 9.47 Å². The van der Waals surface area contributed by atoms with Gasteiger partial charge in [-0.1, -0.05) is 84.9 Å². The van der Waals surface area contributed by atoms with Gasteiger partial charge in [0.1, 0.15) is 17.2 Å². The highest BCUT2D eigenvalue weighted by Gasteiger charge is 2.48. The minimum absolute atomic E-state index is 0.0430. The van der Waals surface area contributed by atoms with E-state index in [9.17, 15) is 14.4 Å². The molecule has 0 atom stereocenters. The van der Waals surface area contributed by atoms with Crippen LogP contribution in [0.2, 0.25) is 0 Å². The summed E-state index contributed by atoms with van der Waals surface area (Å²) in [6, 6.07) is 44.0. The summed E-state index contributed by atoms with van der Waals surface area (Å²) in [6.45, 7) is 3.87. The van der Waals surface area contributed by atoms with Gasteiger partial charge < -0.3 is 19.4 Å². The number of aromatic nitrogens is 1. The zero-order valence-electron chi connectivity index (χ0n) is 40.7. The van der Waals surface area contributed by atoms with Crippen LogP contribution in [0.15, 0.2) is 157 Å². The number of hydrogen-bond acceptors (Lipinski definition) is 5. The number of H-pyrrole nitrogens is 1. The number of ether oxygens (including phenoxy) is 2. The predicted molar refractivity (Wildman–Crippen MR) is 283 cm³/mol. The Balaban J connectivity index is 0.845. The van der Waals surface area contributed by atoms with E-state index in [2.05, 4.69) is 29.2 Å². The lowest BCUT2D eigenvalue weighted by Gasteiger charge is -2.24. The van der Waals surface area contributed by atoms with Crippen molar-refractivity contribution in [1.82, 2.24) is 4.98 Å². The molecule has 1 N–H and O–H groups in total. The highest BCUT2D eigenvalue weighted by molar-refractivity contribution is 6.36. The second-order valence-electron chi connectivity index (χ2n) is 19.4. The van der Waals surface area contributed by atoms with Gasteiger partial charge >= 0.3 is 13.4 Å². The normalized spacial score (nSPS) is 14.8. The number of allylic oxidation sites excluding steroid dienone is 2. The van der Waals surface area contributed by atoms with Crippen LogP contribution < -0.4 is 14.4 Å². The van der Waals surface area contributed by atoms with Crippen molar-refractivity contribution < 1.29 is 37.0 Å². The van der Waals surface area contributed by atoms with E-state index in [0.717, 1.165) is 105 Å². The van der Waals surface area contributed by atoms with Crippen molar-refractivity contribution in [3.63, 3.8) is 0 Å². The molecule has 4 aliphatic rings. The molecular weight excluding hydrogens is 916 g/mol. The second-order valence-corrected chi connectivity index (χ2v) is 19.4. The van der Waals surface area contributed by atoms with Gasteiger partial charge in [0.2, 0.25) is 0 Å². The van der Waals surface area contributed by atoms with E-state index in [1.165, 1.54) is 14.9 Å². The number of aldehydes is 1. The molecule has 0 fully saturated rings. The largest absolute Gasteiger partial charge is 0.935 e. The highest BCUT2D eigenvalue weighted by atomic mass is 19.2. The van der Waals surface area contributed by atoms with Crippen molar-refractivity contribution in [3.8, 4) is 39.6 Å². The lowest BCUT2D eigenvalue weighted by Crippen LogP contribution is -2.27. The Morgan fingerprint density at radius 3 is 2.14 bits per heavy atom. The molecule has 0 unspecified atom stereocenters. The number of esters is 1. The van der Waals surface area contributed by atoms with Gasteiger partial charge in [0.25, 0.3) is 5.91 Å². The van der Waals surface area contributed by atoms with Crippen molar-refractivity contribution in [1.29, 1.82) is 0 Å². The second kappa shape index (κ2) is 18.3. The Labute approximate surface area is 422 Å². The summed E-state index contributed by atoms with van der Waals surface area (Å²) in [5.74, 6) is 0.828. The van der Waals surface area contributed by atoms with Gasteiger partial charge in [0, 0.05) is 68.7 Å². The molecule has 7 aromatic carbocycles. The number of fused-ring (bicyclic) bond motifs is 8. The number of nitrogens with zero attached hydrogens (tertiary/aromatic N) is 2. The van der Waals surface area contributed by atoms with Gasteiger partial charge in [0.05, 0.1) is 17.7 Å². The fraction of sp³-hybridized carbons (Fsp3) is 0.161. The minimum atomic E-state index is -2.82. The molecule has 8 nitrogen and oxygen atoms in total. The number of halogens is 2. The van der Waals surface area contributed by atoms with Gasteiger partial charge in [-0.2, -0.15) is 0 Å². The number of anilines is 1. The number of aromatic amines is 1. The first-order valence-corrected chi connectivity index (χ1v) is 24.8. The van der Waals surface area contributed by atoms with E-state index < -0.39 is 13.4 Å². The van der Waals surface area contributed by atoms with Gasteiger partial charge in [-0.25, -0.2) is 13.1 Å². The Morgan fingerprint density at radius 1 is 0.726 bits per heavy atom. The molecule has 1 aromatic heterocycles. The minimum Gasteiger partial charge on any atom is -0.456 e. The van der Waals surface area contributed by atoms with Gasteiger partial charge in [0.15, 0.2) is 17.7 Å². The van der Waals surface area contributed by atoms with Crippen LogP contribution in [-0.4, -0.2) is 47.8 Å². The molecule has 0 bridgehead atoms. The molecule has 1 amide bonds. The molecular formula is C62H49BF2N3O5+. The number of rotatable bonds is 9. The summed E-state index contributed by atoms with van der Waals surface area (Å²) in [4.78, 5) is 45.6. The molecule has 0 spiro atoms. The fourth-order valence-electron chi connectivity index (χ4n) is 11.6. The predicted octanol–water partition coefficient (Wildman–Crippen LogP) is 13.4. The molecule has 12 rings (SSSR count). The molecule has 0 radical (unpaired) electrons. The number of carbonyl (C=O) groups excluding carboxylic acids is 3. The number of carbonyl (C=O) groups is 3. The van der Waals surface area contributed by atoms with Crippen LogP contribution in [0.1, 0.15) is 90.2 Å². The van der Waals surface area contributed by atoms with Gasteiger partial charge in [-0.15, -0.1) is 0 Å². The average Bonchev–Trinajstić information content (AvgIpc) is 3.88. The summed E-state index contributed by atoms with van der Waals surface area (Å²) >= 11 is 0. The van der Waals surface area contributed by atoms with Crippen molar-refractivity contribution >= 4 is 53.3 Å². The van der Waals surface area contributed by atoms with E-state index in [1.54, 1.807) is 49.5 Å². The van der Waals surface area contributed by atoms with Gasteiger partial charge in [-0.3, -0.25) is 14.4 Å². The zero-order chi connectivity index (χ0) is 50.1. The average molecular weight is 965 g/mol. The first-order valence-electron chi connectivity index (χ1n) is 24.8. The van der Waals surface area contributed by atoms with Crippen LogP contribution in [0.4, 0.5) is 14.3 Å². The topological polar surface area (TPSA) is 91.7 Å². The van der Waals surface area contributed by atoms with Crippen molar-refractivity contribution in [2.45, 2.75) is 58.8 Å². The number of amides is 1. The molecule has 0 saturated carbocycles. The lowest BCUT2D eigenvalue weighted by atomic mass is 9.89. The van der Waals surface area contributed by atoms with Crippen LogP contribution in [0, 0.1) is 13.8 Å². The maximum absolute atomic E-state index is 15.9. The standard InChI is InChI=1S/C62H48BF2N3O5/c1-36-30-45(72-55(70)32-38-22-25-44(26-23-38)67(3)62(71)50-28-29-54-58-49(27-24-43(35-69)57(50)58)48-20-8-9-21-53(48)73-54)31-37(2)56(36)59(51-33-41-16-10-14-39-12-4-6-18-46(39)60(41)66-51)52-34-42-17-11-15-40-13-5-7-19-47(40)61(42)68(52)63(64)65/h4-9,12-13,18-31,33-35H,10-11,14-17,32H2,1-3H3/p+1. The smallest absolute Gasteiger partial charge is 0.456 e. The van der Waals surface area contributed by atoms with Crippen molar-refractivity contribution in [2.75, 3.05) is 11.9 Å². The molecule has 11 heteroatoms. The SMILES string of the molecule is Cc1cc(OC(=O)Cc2ccc(N(C)C(=O)c3ccc4c5c(ccc(C=O)c35)-c3ccccc3O4)cc2)cc(C)c1/C(=C1\C=C2CCCc3ccccc3C2=[N+]1B(F)F)c1cc2c([nH]1)-c1ccccc1CCC2. The summed E-state index contributed by atoms with van der Waals surface area (Å²) in [6.07, 6.45) is 7.80. The molecule has 358 valence electrons. The molecule has 2 aliphatic heterocycles. The van der Waals surface area contributed by atoms with E-state index in [-0.39, 0.29) is 12.3 Å². The summed E-state index contributed by atoms with van der Waals surface area (Å²) in [7, 11) is -1.14. The van der Waals surface area contributed by atoms with E-state index >= 15 is 8.63 Å². The first-order chi connectivity index (χ1) is 35.5. The van der Waals surface area contributed by atoms with Crippen LogP contribution in [0.25, 0.3) is 38.7 Å². The Morgan fingerprint density at radius 2 is 1.40 bits per heavy atom. The van der Waals surface area contributed by atoms with Crippen LogP contribution in [-0.2, 0) is 30.5 Å². The number of aryl methyl sites for hydroxylation is 5. The number of nitrogens with one attached hydrogen (secondary N) is 1. The van der Waals surface area contributed by atoms with Crippen LogP contribution >= 0.6 is 0 Å². The van der Waals surface area contributed by atoms with Crippen LogP contribution in [0.5, 0.6) is 17.2 Å². The van der Waals surface area contributed by atoms with E-state index in [1.807, 2.05) is 92.7 Å². The van der Waals surface area contributed by atoms with Crippen LogP contribution in [0.3, 0.4) is 0 Å². The third-order valence-corrected chi connectivity index (χ3v) is 15.0. The molecule has 3 heterocycles. The highest BCUT2D eigenvalue weighted by Crippen LogP contribution is 2.48. The zero-order valence-corrected chi connectivity index (χ0v) is 40.7. The molecule has 8 aromatic rings. The summed E-state index contributed by atoms with van der Waals surface area (Å²) in [5.41, 5.74) is 15.8. The van der Waals surface area contributed by atoms with Crippen molar-refractivity contribution in [3.05, 3.63) is 218 Å². The maximum Gasteiger partial charge on any atom is 0.935 e. The molecule has 2 aliphatic carbocycles. The third kappa shape index (κ3) is 7.91. The summed E-state index contributed by atoms with van der Waals surface area (Å²) in [5, 5.41) is 1.23. The number of hydrogen-bond donors (Lipinski definition) is 1. The Kier molecular flexibility index (Phi) is 11.5. The van der Waals surface area contributed by atoms with Crippen molar-refractivity contribution in [2.24, 2.45) is 0 Å². The number of para-hydroxylation sites is 1. The monoisotopic (exact) mass is 964 g/mol. The number of benzene rings is 7. The van der Waals surface area contributed by atoms with E-state index in [0.29, 0.717) is 73.8 Å². The molecule has 0 saturated heterocycles.